The average molecular weight is 467 g/mol. The molecule has 2 aliphatic rings. The summed E-state index contributed by atoms with van der Waals surface area (Å²) in [4.78, 5) is 8.86. The fourth-order valence-corrected chi connectivity index (χ4v) is 4.67. The topological polar surface area (TPSA) is 13.0 Å². The van der Waals surface area contributed by atoms with Gasteiger partial charge in [0.1, 0.15) is 0 Å². The first kappa shape index (κ1) is 23.2. The van der Waals surface area contributed by atoms with Crippen LogP contribution in [0, 0.1) is 0 Å². The molecule has 0 N–H and O–H groups in total. The van der Waals surface area contributed by atoms with Crippen LogP contribution in [0.5, 0.6) is 0 Å². The number of hydrogen-bond acceptors (Lipinski definition) is 4. The third-order valence-corrected chi connectivity index (χ3v) is 6.69. The number of likely N-dealkylation sites (N-methyl/N-ethyl adjacent to an activating group) is 1. The molecular formula is C24H30ClF3N4. The number of piperazine rings is 1. The van der Waals surface area contributed by atoms with Gasteiger partial charge in [-0.15, -0.1) is 0 Å². The molecule has 4 nitrogen and oxygen atoms in total. The molecule has 2 saturated heterocycles. The second-order valence-electron chi connectivity index (χ2n) is 8.72. The van der Waals surface area contributed by atoms with Gasteiger partial charge in [0.2, 0.25) is 0 Å². The van der Waals surface area contributed by atoms with E-state index in [1.54, 1.807) is 12.1 Å². The van der Waals surface area contributed by atoms with E-state index in [1.165, 1.54) is 6.07 Å². The molecule has 0 aromatic heterocycles. The summed E-state index contributed by atoms with van der Waals surface area (Å²) < 4.78 is 41.3. The number of hydrogen-bond donors (Lipinski definition) is 0. The van der Waals surface area contributed by atoms with Crippen molar-refractivity contribution in [3.63, 3.8) is 0 Å². The monoisotopic (exact) mass is 466 g/mol. The summed E-state index contributed by atoms with van der Waals surface area (Å²) in [5.41, 5.74) is 1.84. The van der Waals surface area contributed by atoms with E-state index in [2.05, 4.69) is 26.6 Å². The molecule has 0 radical (unpaired) electrons. The molecule has 0 bridgehead atoms. The highest BCUT2D eigenvalue weighted by Crippen LogP contribution is 2.35. The molecule has 2 aromatic carbocycles. The second kappa shape index (κ2) is 9.89. The summed E-state index contributed by atoms with van der Waals surface area (Å²) in [5, 5.41) is 0.697. The Morgan fingerprint density at radius 2 is 1.41 bits per heavy atom. The molecule has 0 saturated carbocycles. The van der Waals surface area contributed by atoms with E-state index < -0.39 is 11.7 Å². The molecule has 2 heterocycles. The Labute approximate surface area is 193 Å². The predicted molar refractivity (Wildman–Crippen MR) is 125 cm³/mol. The Kier molecular flexibility index (Phi) is 7.17. The SMILES string of the molecule is CN1CCCN(c2ccc(C(F)(F)F)c(CN3CCN(c4ccc(Cl)cc4)CC3)c2)CC1. The molecule has 0 spiro atoms. The van der Waals surface area contributed by atoms with Gasteiger partial charge in [-0.2, -0.15) is 13.2 Å². The van der Waals surface area contributed by atoms with Crippen LogP contribution in [0.2, 0.25) is 5.02 Å². The minimum Gasteiger partial charge on any atom is -0.370 e. The fraction of sp³-hybridized carbons (Fsp3) is 0.500. The molecule has 2 aliphatic heterocycles. The maximum Gasteiger partial charge on any atom is 0.416 e. The Hall–Kier alpha value is -1.96. The van der Waals surface area contributed by atoms with Gasteiger partial charge in [-0.3, -0.25) is 4.90 Å². The minimum atomic E-state index is -4.35. The zero-order valence-corrected chi connectivity index (χ0v) is 19.2. The molecule has 2 fully saturated rings. The van der Waals surface area contributed by atoms with E-state index in [0.29, 0.717) is 17.1 Å². The Balaban J connectivity index is 1.47. The first-order chi connectivity index (χ1) is 15.3. The van der Waals surface area contributed by atoms with Crippen LogP contribution in [-0.2, 0) is 12.7 Å². The van der Waals surface area contributed by atoms with Gasteiger partial charge >= 0.3 is 6.18 Å². The van der Waals surface area contributed by atoms with Crippen molar-refractivity contribution in [1.29, 1.82) is 0 Å². The maximum atomic E-state index is 13.8. The van der Waals surface area contributed by atoms with E-state index >= 15 is 0 Å². The van der Waals surface area contributed by atoms with Crippen LogP contribution in [0.1, 0.15) is 17.5 Å². The molecule has 0 unspecified atom stereocenters. The lowest BCUT2D eigenvalue weighted by atomic mass is 10.0. The van der Waals surface area contributed by atoms with E-state index in [1.807, 2.05) is 24.3 Å². The molecule has 32 heavy (non-hydrogen) atoms. The minimum absolute atomic E-state index is 0.310. The maximum absolute atomic E-state index is 13.8. The van der Waals surface area contributed by atoms with Crippen LogP contribution in [0.4, 0.5) is 24.5 Å². The highest BCUT2D eigenvalue weighted by Gasteiger charge is 2.34. The summed E-state index contributed by atoms with van der Waals surface area (Å²) in [6.07, 6.45) is -3.34. The van der Waals surface area contributed by atoms with Crippen molar-refractivity contribution in [2.45, 2.75) is 19.1 Å². The van der Waals surface area contributed by atoms with E-state index in [-0.39, 0.29) is 0 Å². The number of halogens is 4. The third kappa shape index (κ3) is 5.69. The van der Waals surface area contributed by atoms with Crippen molar-refractivity contribution >= 4 is 23.0 Å². The van der Waals surface area contributed by atoms with Gasteiger partial charge in [0, 0.05) is 68.8 Å². The second-order valence-corrected chi connectivity index (χ2v) is 9.16. The largest absolute Gasteiger partial charge is 0.416 e. The standard InChI is InChI=1S/C24H30ClF3N4/c1-29-9-2-10-31(14-11-29)22-7-8-23(24(26,27)28)19(17-22)18-30-12-15-32(16-13-30)21-5-3-20(25)4-6-21/h3-8,17H,2,9-16,18H2,1H3. The summed E-state index contributed by atoms with van der Waals surface area (Å²) in [6.45, 7) is 6.95. The Morgan fingerprint density at radius 1 is 0.781 bits per heavy atom. The summed E-state index contributed by atoms with van der Waals surface area (Å²) in [5.74, 6) is 0. The Bertz CT molecular complexity index is 895. The van der Waals surface area contributed by atoms with Gasteiger partial charge in [-0.05, 0) is 68.0 Å². The van der Waals surface area contributed by atoms with Crippen LogP contribution in [0.3, 0.4) is 0 Å². The molecular weight excluding hydrogens is 437 g/mol. The molecule has 174 valence electrons. The fourth-order valence-electron chi connectivity index (χ4n) is 4.55. The molecule has 0 amide bonds. The lowest BCUT2D eigenvalue weighted by Crippen LogP contribution is -2.46. The number of benzene rings is 2. The average Bonchev–Trinajstić information content (AvgIpc) is 2.98. The van der Waals surface area contributed by atoms with Gasteiger partial charge in [0.25, 0.3) is 0 Å². The molecule has 0 atom stereocenters. The van der Waals surface area contributed by atoms with Crippen molar-refractivity contribution < 1.29 is 13.2 Å². The lowest BCUT2D eigenvalue weighted by molar-refractivity contribution is -0.138. The molecule has 8 heteroatoms. The van der Waals surface area contributed by atoms with Crippen molar-refractivity contribution in [3.8, 4) is 0 Å². The summed E-state index contributed by atoms with van der Waals surface area (Å²) >= 11 is 5.98. The van der Waals surface area contributed by atoms with Gasteiger partial charge in [0.05, 0.1) is 5.56 Å². The first-order valence-corrected chi connectivity index (χ1v) is 11.5. The quantitative estimate of drug-likeness (QED) is 0.640. The number of alkyl halides is 3. The van der Waals surface area contributed by atoms with Crippen molar-refractivity contribution in [1.82, 2.24) is 9.80 Å². The van der Waals surface area contributed by atoms with Crippen molar-refractivity contribution in [2.24, 2.45) is 0 Å². The van der Waals surface area contributed by atoms with Gasteiger partial charge in [-0.1, -0.05) is 11.6 Å². The van der Waals surface area contributed by atoms with Crippen LogP contribution >= 0.6 is 11.6 Å². The van der Waals surface area contributed by atoms with Crippen molar-refractivity contribution in [3.05, 3.63) is 58.6 Å². The van der Waals surface area contributed by atoms with E-state index in [4.69, 9.17) is 11.6 Å². The summed E-state index contributed by atoms with van der Waals surface area (Å²) in [6, 6.07) is 12.4. The smallest absolute Gasteiger partial charge is 0.370 e. The summed E-state index contributed by atoms with van der Waals surface area (Å²) in [7, 11) is 2.09. The van der Waals surface area contributed by atoms with E-state index in [9.17, 15) is 13.2 Å². The third-order valence-electron chi connectivity index (χ3n) is 6.44. The number of rotatable bonds is 4. The molecule has 4 rings (SSSR count). The zero-order valence-electron chi connectivity index (χ0n) is 18.4. The Morgan fingerprint density at radius 3 is 2.09 bits per heavy atom. The predicted octanol–water partition coefficient (Wildman–Crippen LogP) is 4.82. The normalized spacial score (nSPS) is 19.3. The zero-order chi connectivity index (χ0) is 22.7. The van der Waals surface area contributed by atoms with Gasteiger partial charge < -0.3 is 14.7 Å². The van der Waals surface area contributed by atoms with Gasteiger partial charge in [0.15, 0.2) is 0 Å². The van der Waals surface area contributed by atoms with Gasteiger partial charge in [-0.25, -0.2) is 0 Å². The highest BCUT2D eigenvalue weighted by atomic mass is 35.5. The van der Waals surface area contributed by atoms with Crippen LogP contribution < -0.4 is 9.80 Å². The van der Waals surface area contributed by atoms with Crippen LogP contribution in [0.25, 0.3) is 0 Å². The highest BCUT2D eigenvalue weighted by molar-refractivity contribution is 6.30. The molecule has 0 aliphatic carbocycles. The van der Waals surface area contributed by atoms with E-state index in [0.717, 1.165) is 70.2 Å². The van der Waals surface area contributed by atoms with Crippen molar-refractivity contribution in [2.75, 3.05) is 69.2 Å². The first-order valence-electron chi connectivity index (χ1n) is 11.2. The lowest BCUT2D eigenvalue weighted by Gasteiger charge is -2.36. The molecule has 2 aromatic rings. The number of anilines is 2. The van der Waals surface area contributed by atoms with Crippen LogP contribution in [0.15, 0.2) is 42.5 Å². The number of nitrogens with zero attached hydrogens (tertiary/aromatic N) is 4. The van der Waals surface area contributed by atoms with Crippen LogP contribution in [-0.4, -0.2) is 69.2 Å².